The van der Waals surface area contributed by atoms with Gasteiger partial charge in [0.05, 0.1) is 11.7 Å². The number of hydrogen-bond donors (Lipinski definition) is 1. The van der Waals surface area contributed by atoms with Gasteiger partial charge in [-0.2, -0.15) is 0 Å². The fourth-order valence-corrected chi connectivity index (χ4v) is 4.28. The molecule has 0 fully saturated rings. The summed E-state index contributed by atoms with van der Waals surface area (Å²) >= 11 is 0.864. The van der Waals surface area contributed by atoms with E-state index in [1.165, 1.54) is 9.21 Å². The zero-order chi connectivity index (χ0) is 22.5. The Morgan fingerprint density at radius 1 is 1.37 bits per heavy atom. The molecule has 1 amide bonds. The van der Waals surface area contributed by atoms with Gasteiger partial charge in [0.15, 0.2) is 0 Å². The summed E-state index contributed by atoms with van der Waals surface area (Å²) in [4.78, 5) is 18.2. The minimum Gasteiger partial charge on any atom is -0.755 e. The highest BCUT2D eigenvalue weighted by Gasteiger charge is 2.27. The number of aliphatic hydroxyl groups is 1. The summed E-state index contributed by atoms with van der Waals surface area (Å²) in [6, 6.07) is 4.74. The summed E-state index contributed by atoms with van der Waals surface area (Å²) < 4.78 is 31.8. The minimum absolute atomic E-state index is 0.0891. The number of halogens is 1. The Hall–Kier alpha value is -1.75. The van der Waals surface area contributed by atoms with E-state index in [9.17, 15) is 18.7 Å². The van der Waals surface area contributed by atoms with Crippen LogP contribution in [-0.4, -0.2) is 61.2 Å². The number of hydrogen-bond acceptors (Lipinski definition) is 6. The summed E-state index contributed by atoms with van der Waals surface area (Å²) in [5.41, 5.74) is -0.208. The molecule has 1 aromatic heterocycles. The van der Waals surface area contributed by atoms with Crippen molar-refractivity contribution in [3.63, 3.8) is 0 Å². The Bertz CT molecular complexity index is 900. The average molecular weight is 501 g/mol. The van der Waals surface area contributed by atoms with Crippen molar-refractivity contribution in [1.29, 1.82) is 0 Å². The lowest BCUT2D eigenvalue weighted by molar-refractivity contribution is 0.0233. The molecular formula is C20H27BrN3O5S-. The van der Waals surface area contributed by atoms with Crippen LogP contribution in [0.5, 0.6) is 0 Å². The third-order valence-electron chi connectivity index (χ3n) is 4.24. The van der Waals surface area contributed by atoms with Crippen LogP contribution in [0.4, 0.5) is 10.5 Å². The van der Waals surface area contributed by atoms with E-state index in [0.717, 1.165) is 5.39 Å². The van der Waals surface area contributed by atoms with E-state index in [2.05, 4.69) is 20.9 Å². The summed E-state index contributed by atoms with van der Waals surface area (Å²) in [5.74, 6) is 0. The topological polar surface area (TPSA) is 106 Å². The first-order valence-corrected chi connectivity index (χ1v) is 11.4. The van der Waals surface area contributed by atoms with Crippen molar-refractivity contribution in [2.75, 3.05) is 24.0 Å². The number of carbonyl (C=O) groups excluding carboxylic acids is 1. The number of amides is 1. The van der Waals surface area contributed by atoms with Crippen LogP contribution in [0.3, 0.4) is 0 Å². The molecule has 0 radical (unpaired) electrons. The second kappa shape index (κ2) is 10.5. The normalized spacial score (nSPS) is 13.7. The van der Waals surface area contributed by atoms with Gasteiger partial charge < -0.3 is 19.3 Å². The molecule has 10 heteroatoms. The monoisotopic (exact) mass is 500 g/mol. The Morgan fingerprint density at radius 3 is 2.67 bits per heavy atom. The van der Waals surface area contributed by atoms with Gasteiger partial charge in [0, 0.05) is 58.6 Å². The zero-order valence-electron chi connectivity index (χ0n) is 17.5. The first kappa shape index (κ1) is 24.5. The number of pyridine rings is 1. The van der Waals surface area contributed by atoms with Gasteiger partial charge in [-0.3, -0.25) is 13.5 Å². The first-order chi connectivity index (χ1) is 14.0. The van der Waals surface area contributed by atoms with Crippen molar-refractivity contribution in [3.05, 3.63) is 35.1 Å². The average Bonchev–Trinajstić information content (AvgIpc) is 2.63. The van der Waals surface area contributed by atoms with Crippen LogP contribution in [0.15, 0.2) is 35.1 Å². The molecule has 2 aromatic rings. The number of anilines is 1. The molecule has 166 valence electrons. The van der Waals surface area contributed by atoms with E-state index >= 15 is 0 Å². The molecule has 0 aliphatic rings. The number of nitrogens with zero attached hydrogens (tertiary/aromatic N) is 3. The molecule has 1 aromatic carbocycles. The van der Waals surface area contributed by atoms with Gasteiger partial charge in [-0.05, 0) is 56.1 Å². The van der Waals surface area contributed by atoms with Crippen LogP contribution < -0.4 is 4.31 Å². The number of aliphatic hydroxyl groups excluding tert-OH is 1. The number of carbonyl (C=O) groups is 1. The highest BCUT2D eigenvalue weighted by atomic mass is 79.9. The molecule has 30 heavy (non-hydrogen) atoms. The summed E-state index contributed by atoms with van der Waals surface area (Å²) in [6.45, 7) is 7.27. The standard InChI is InChI=1S/C20H28BrN3O5S/c1-14(13-23(9-6-10-25)19(26)29-20(2,3)4)24(30(27)28)17-8-5-7-15-11-22-12-16(21)18(15)17/h5,7-8,11-12,14,25H,6,9-10,13H2,1-4H3,(H,27,28)/p-1. The fourth-order valence-electron chi connectivity index (χ4n) is 3.06. The molecule has 2 atom stereocenters. The molecule has 0 saturated heterocycles. The third kappa shape index (κ3) is 6.37. The Morgan fingerprint density at radius 2 is 2.07 bits per heavy atom. The van der Waals surface area contributed by atoms with Crippen molar-refractivity contribution in [1.82, 2.24) is 9.88 Å². The lowest BCUT2D eigenvalue weighted by atomic mass is 10.1. The Balaban J connectivity index is 2.37. The number of fused-ring (bicyclic) bond motifs is 1. The van der Waals surface area contributed by atoms with Crippen molar-refractivity contribution in [2.24, 2.45) is 0 Å². The van der Waals surface area contributed by atoms with Gasteiger partial charge in [-0.1, -0.05) is 12.1 Å². The van der Waals surface area contributed by atoms with E-state index in [1.54, 1.807) is 52.2 Å². The van der Waals surface area contributed by atoms with Crippen molar-refractivity contribution in [2.45, 2.75) is 45.8 Å². The number of benzene rings is 1. The van der Waals surface area contributed by atoms with Gasteiger partial charge >= 0.3 is 6.09 Å². The second-order valence-corrected chi connectivity index (χ2v) is 9.57. The van der Waals surface area contributed by atoms with E-state index in [4.69, 9.17) is 4.74 Å². The summed E-state index contributed by atoms with van der Waals surface area (Å²) in [6.07, 6.45) is 3.07. The van der Waals surface area contributed by atoms with Crippen LogP contribution in [0.1, 0.15) is 34.1 Å². The van der Waals surface area contributed by atoms with Crippen molar-refractivity contribution in [3.8, 4) is 0 Å². The van der Waals surface area contributed by atoms with Crippen LogP contribution in [-0.2, 0) is 16.0 Å². The van der Waals surface area contributed by atoms with Crippen LogP contribution in [0, 0.1) is 0 Å². The van der Waals surface area contributed by atoms with Crippen molar-refractivity contribution >= 4 is 49.7 Å². The molecule has 2 unspecified atom stereocenters. The molecule has 0 bridgehead atoms. The maximum absolute atomic E-state index is 12.6. The quantitative estimate of drug-likeness (QED) is 0.554. The molecule has 0 aliphatic heterocycles. The number of ether oxygens (including phenoxy) is 1. The van der Waals surface area contributed by atoms with Gasteiger partial charge in [0.2, 0.25) is 0 Å². The molecular weight excluding hydrogens is 474 g/mol. The van der Waals surface area contributed by atoms with Gasteiger partial charge in [-0.15, -0.1) is 0 Å². The van der Waals surface area contributed by atoms with E-state index in [1.807, 2.05) is 6.07 Å². The van der Waals surface area contributed by atoms with Crippen LogP contribution in [0.2, 0.25) is 0 Å². The highest BCUT2D eigenvalue weighted by Crippen LogP contribution is 2.34. The lowest BCUT2D eigenvalue weighted by Gasteiger charge is -2.36. The summed E-state index contributed by atoms with van der Waals surface area (Å²) in [7, 11) is 0. The molecule has 0 saturated carbocycles. The largest absolute Gasteiger partial charge is 0.755 e. The summed E-state index contributed by atoms with van der Waals surface area (Å²) in [5, 5.41) is 10.7. The zero-order valence-corrected chi connectivity index (χ0v) is 19.9. The number of rotatable bonds is 8. The van der Waals surface area contributed by atoms with Crippen LogP contribution in [0.25, 0.3) is 10.8 Å². The third-order valence-corrected chi connectivity index (χ3v) is 5.71. The lowest BCUT2D eigenvalue weighted by Crippen LogP contribution is -2.47. The smallest absolute Gasteiger partial charge is 0.410 e. The maximum Gasteiger partial charge on any atom is 0.410 e. The molecule has 1 heterocycles. The molecule has 8 nitrogen and oxygen atoms in total. The predicted octanol–water partition coefficient (Wildman–Crippen LogP) is 3.61. The Kier molecular flexibility index (Phi) is 8.60. The van der Waals surface area contributed by atoms with E-state index in [-0.39, 0.29) is 19.7 Å². The SMILES string of the molecule is CC(CN(CCCO)C(=O)OC(C)(C)C)N(c1cccc2cncc(Br)c12)S(=O)[O-]. The molecule has 0 spiro atoms. The molecule has 0 aliphatic carbocycles. The fraction of sp³-hybridized carbons (Fsp3) is 0.500. The highest BCUT2D eigenvalue weighted by molar-refractivity contribution is 9.10. The number of aromatic nitrogens is 1. The maximum atomic E-state index is 12.6. The Labute approximate surface area is 187 Å². The minimum atomic E-state index is -2.59. The van der Waals surface area contributed by atoms with Gasteiger partial charge in [0.25, 0.3) is 0 Å². The van der Waals surface area contributed by atoms with Crippen molar-refractivity contribution < 1.29 is 23.4 Å². The van der Waals surface area contributed by atoms with Gasteiger partial charge in [0.1, 0.15) is 5.60 Å². The second-order valence-electron chi connectivity index (χ2n) is 7.89. The van der Waals surface area contributed by atoms with E-state index < -0.39 is 29.0 Å². The van der Waals surface area contributed by atoms with E-state index in [0.29, 0.717) is 22.0 Å². The van der Waals surface area contributed by atoms with Crippen LogP contribution >= 0.6 is 15.9 Å². The molecule has 1 N–H and O–H groups in total. The first-order valence-electron chi connectivity index (χ1n) is 9.54. The van der Waals surface area contributed by atoms with Gasteiger partial charge in [-0.25, -0.2) is 4.79 Å². The predicted molar refractivity (Wildman–Crippen MR) is 120 cm³/mol. The molecule has 2 rings (SSSR count).